The van der Waals surface area contributed by atoms with Gasteiger partial charge in [0.15, 0.2) is 5.79 Å². The predicted molar refractivity (Wildman–Crippen MR) is 56.7 cm³/mol. The van der Waals surface area contributed by atoms with Gasteiger partial charge in [-0.25, -0.2) is 4.98 Å². The van der Waals surface area contributed by atoms with E-state index in [0.29, 0.717) is 19.8 Å². The second kappa shape index (κ2) is 4.57. The van der Waals surface area contributed by atoms with E-state index < -0.39 is 5.79 Å². The van der Waals surface area contributed by atoms with Crippen molar-refractivity contribution in [1.82, 2.24) is 4.98 Å². The van der Waals surface area contributed by atoms with Crippen molar-refractivity contribution < 1.29 is 14.2 Å². The summed E-state index contributed by atoms with van der Waals surface area (Å²) in [5.41, 5.74) is 2.77. The van der Waals surface area contributed by atoms with Crippen molar-refractivity contribution in [2.24, 2.45) is 0 Å². The molecule has 1 saturated heterocycles. The SMILES string of the molecule is CC1(C)OC[C@H](COCc2cscn2)O1. The monoisotopic (exact) mass is 229 g/mol. The van der Waals surface area contributed by atoms with Crippen LogP contribution in [-0.2, 0) is 20.8 Å². The van der Waals surface area contributed by atoms with Gasteiger partial charge >= 0.3 is 0 Å². The van der Waals surface area contributed by atoms with Gasteiger partial charge in [0.2, 0.25) is 0 Å². The zero-order valence-electron chi connectivity index (χ0n) is 8.93. The van der Waals surface area contributed by atoms with E-state index in [1.165, 1.54) is 0 Å². The molecule has 0 saturated carbocycles. The zero-order valence-corrected chi connectivity index (χ0v) is 9.75. The smallest absolute Gasteiger partial charge is 0.163 e. The van der Waals surface area contributed by atoms with Crippen molar-refractivity contribution in [2.75, 3.05) is 13.2 Å². The van der Waals surface area contributed by atoms with Crippen LogP contribution in [0.5, 0.6) is 0 Å². The Bertz CT molecular complexity index is 300. The van der Waals surface area contributed by atoms with Crippen molar-refractivity contribution in [3.05, 3.63) is 16.6 Å². The molecule has 1 atom stereocenters. The molecule has 1 fully saturated rings. The Morgan fingerprint density at radius 1 is 1.67 bits per heavy atom. The van der Waals surface area contributed by atoms with E-state index in [9.17, 15) is 0 Å². The van der Waals surface area contributed by atoms with Gasteiger partial charge in [-0.15, -0.1) is 11.3 Å². The maximum atomic E-state index is 5.60. The first kappa shape index (κ1) is 11.0. The molecule has 1 aromatic rings. The molecule has 0 amide bonds. The fourth-order valence-electron chi connectivity index (χ4n) is 1.45. The standard InChI is InChI=1S/C10H15NO3S/c1-10(2)13-5-9(14-10)4-12-3-8-6-15-7-11-8/h6-7,9H,3-5H2,1-2H3/t9-/m0/s1. The summed E-state index contributed by atoms with van der Waals surface area (Å²) in [6.07, 6.45) is 0.0404. The van der Waals surface area contributed by atoms with Gasteiger partial charge in [0.1, 0.15) is 6.10 Å². The summed E-state index contributed by atoms with van der Waals surface area (Å²) < 4.78 is 16.5. The Hall–Kier alpha value is -0.490. The Balaban J connectivity index is 1.67. The number of thiazole rings is 1. The average Bonchev–Trinajstić information content (AvgIpc) is 2.76. The van der Waals surface area contributed by atoms with Crippen LogP contribution in [0.25, 0.3) is 0 Å². The molecule has 0 bridgehead atoms. The predicted octanol–water partition coefficient (Wildman–Crippen LogP) is 1.81. The highest BCUT2D eigenvalue weighted by molar-refractivity contribution is 7.07. The highest BCUT2D eigenvalue weighted by Gasteiger charge is 2.32. The van der Waals surface area contributed by atoms with Crippen LogP contribution in [0.2, 0.25) is 0 Å². The minimum absolute atomic E-state index is 0.0404. The number of rotatable bonds is 4. The first-order valence-electron chi connectivity index (χ1n) is 4.92. The minimum Gasteiger partial charge on any atom is -0.372 e. The molecule has 84 valence electrons. The summed E-state index contributed by atoms with van der Waals surface area (Å²) in [4.78, 5) is 4.13. The van der Waals surface area contributed by atoms with Crippen molar-refractivity contribution in [3.8, 4) is 0 Å². The van der Waals surface area contributed by atoms with Crippen molar-refractivity contribution in [2.45, 2.75) is 32.3 Å². The Kier molecular flexibility index (Phi) is 3.35. The molecule has 1 aliphatic rings. The largest absolute Gasteiger partial charge is 0.372 e. The molecule has 1 aromatic heterocycles. The molecular formula is C10H15NO3S. The summed E-state index contributed by atoms with van der Waals surface area (Å²) in [5, 5.41) is 1.98. The van der Waals surface area contributed by atoms with E-state index in [2.05, 4.69) is 4.98 Å². The maximum Gasteiger partial charge on any atom is 0.163 e. The van der Waals surface area contributed by atoms with Crippen molar-refractivity contribution in [3.63, 3.8) is 0 Å². The van der Waals surface area contributed by atoms with Crippen LogP contribution >= 0.6 is 11.3 Å². The second-order valence-corrected chi connectivity index (χ2v) is 4.66. The van der Waals surface area contributed by atoms with Crippen LogP contribution in [0.15, 0.2) is 10.9 Å². The molecule has 2 heterocycles. The summed E-state index contributed by atoms with van der Waals surface area (Å²) in [7, 11) is 0. The van der Waals surface area contributed by atoms with Crippen molar-refractivity contribution >= 4 is 11.3 Å². The zero-order chi connectivity index (χ0) is 10.7. The third-order valence-electron chi connectivity index (χ3n) is 2.10. The molecule has 4 nitrogen and oxygen atoms in total. The van der Waals surface area contributed by atoms with Crippen LogP contribution in [0.4, 0.5) is 0 Å². The highest BCUT2D eigenvalue weighted by Crippen LogP contribution is 2.22. The van der Waals surface area contributed by atoms with E-state index in [0.717, 1.165) is 5.69 Å². The lowest BCUT2D eigenvalue weighted by Gasteiger charge is -2.16. The number of ether oxygens (including phenoxy) is 3. The molecule has 0 radical (unpaired) electrons. The van der Waals surface area contributed by atoms with Gasteiger partial charge in [-0.2, -0.15) is 0 Å². The third-order valence-corrected chi connectivity index (χ3v) is 2.74. The average molecular weight is 229 g/mol. The van der Waals surface area contributed by atoms with Gasteiger partial charge in [0.25, 0.3) is 0 Å². The number of aromatic nitrogens is 1. The Labute approximate surface area is 93.2 Å². The van der Waals surface area contributed by atoms with Gasteiger partial charge in [-0.3, -0.25) is 0 Å². The molecule has 0 aliphatic carbocycles. The molecule has 5 heteroatoms. The number of hydrogen-bond acceptors (Lipinski definition) is 5. The number of hydrogen-bond donors (Lipinski definition) is 0. The topological polar surface area (TPSA) is 40.6 Å². The van der Waals surface area contributed by atoms with Crippen LogP contribution in [0, 0.1) is 0 Å². The second-order valence-electron chi connectivity index (χ2n) is 3.95. The molecule has 2 rings (SSSR count). The van der Waals surface area contributed by atoms with E-state index >= 15 is 0 Å². The summed E-state index contributed by atoms with van der Waals surface area (Å²) >= 11 is 1.57. The van der Waals surface area contributed by atoms with Crippen LogP contribution in [0.1, 0.15) is 19.5 Å². The molecule has 0 N–H and O–H groups in total. The molecule has 15 heavy (non-hydrogen) atoms. The van der Waals surface area contributed by atoms with Gasteiger partial charge in [-0.05, 0) is 13.8 Å². The molecule has 0 spiro atoms. The van der Waals surface area contributed by atoms with Gasteiger partial charge in [0.05, 0.1) is 31.0 Å². The fraction of sp³-hybridized carbons (Fsp3) is 0.700. The van der Waals surface area contributed by atoms with Crippen LogP contribution < -0.4 is 0 Å². The molecule has 0 aromatic carbocycles. The quantitative estimate of drug-likeness (QED) is 0.789. The summed E-state index contributed by atoms with van der Waals surface area (Å²) in [5.74, 6) is -0.464. The summed E-state index contributed by atoms with van der Waals surface area (Å²) in [6.45, 7) is 5.52. The Morgan fingerprint density at radius 3 is 3.13 bits per heavy atom. The molecule has 0 unspecified atom stereocenters. The van der Waals surface area contributed by atoms with E-state index in [-0.39, 0.29) is 6.10 Å². The molecule has 1 aliphatic heterocycles. The Morgan fingerprint density at radius 2 is 2.53 bits per heavy atom. The third kappa shape index (κ3) is 3.24. The molecular weight excluding hydrogens is 214 g/mol. The van der Waals surface area contributed by atoms with Gasteiger partial charge in [0, 0.05) is 5.38 Å². The first-order valence-corrected chi connectivity index (χ1v) is 5.86. The van der Waals surface area contributed by atoms with Gasteiger partial charge in [-0.1, -0.05) is 0 Å². The fourth-order valence-corrected chi connectivity index (χ4v) is 1.99. The number of nitrogens with zero attached hydrogens (tertiary/aromatic N) is 1. The van der Waals surface area contributed by atoms with Crippen LogP contribution in [0.3, 0.4) is 0 Å². The lowest BCUT2D eigenvalue weighted by molar-refractivity contribution is -0.145. The van der Waals surface area contributed by atoms with E-state index in [1.807, 2.05) is 19.2 Å². The summed E-state index contributed by atoms with van der Waals surface area (Å²) in [6, 6.07) is 0. The lowest BCUT2D eigenvalue weighted by atomic mass is 10.4. The normalized spacial score (nSPS) is 24.5. The van der Waals surface area contributed by atoms with E-state index in [4.69, 9.17) is 14.2 Å². The van der Waals surface area contributed by atoms with Crippen LogP contribution in [-0.4, -0.2) is 30.1 Å². The lowest BCUT2D eigenvalue weighted by Crippen LogP contribution is -2.24. The highest BCUT2D eigenvalue weighted by atomic mass is 32.1. The van der Waals surface area contributed by atoms with Gasteiger partial charge < -0.3 is 14.2 Å². The van der Waals surface area contributed by atoms with Crippen molar-refractivity contribution in [1.29, 1.82) is 0 Å². The van der Waals surface area contributed by atoms with E-state index in [1.54, 1.807) is 16.8 Å². The first-order chi connectivity index (χ1) is 7.16. The maximum absolute atomic E-state index is 5.60. The minimum atomic E-state index is -0.464.